The minimum Gasteiger partial charge on any atom is -0.481 e. The van der Waals surface area contributed by atoms with E-state index in [9.17, 15) is 4.79 Å². The van der Waals surface area contributed by atoms with Gasteiger partial charge in [0.25, 0.3) is 0 Å². The molecule has 0 bridgehead atoms. The first-order valence-corrected chi connectivity index (χ1v) is 5.73. The molecule has 18 heavy (non-hydrogen) atoms. The maximum absolute atomic E-state index is 10.8. The maximum Gasteiger partial charge on any atom is 0.307 e. The third-order valence-corrected chi connectivity index (χ3v) is 2.64. The largest absolute Gasteiger partial charge is 0.481 e. The van der Waals surface area contributed by atoms with Crippen LogP contribution in [0.2, 0.25) is 0 Å². The molecule has 94 valence electrons. The van der Waals surface area contributed by atoms with Gasteiger partial charge in [-0.05, 0) is 30.7 Å². The van der Waals surface area contributed by atoms with Crippen molar-refractivity contribution in [3.63, 3.8) is 0 Å². The smallest absolute Gasteiger partial charge is 0.307 e. The molecule has 0 saturated carbocycles. The topological polar surface area (TPSA) is 62.5 Å². The van der Waals surface area contributed by atoms with Gasteiger partial charge in [0.15, 0.2) is 0 Å². The van der Waals surface area contributed by atoms with Crippen LogP contribution in [0.1, 0.15) is 16.9 Å². The van der Waals surface area contributed by atoms with Crippen LogP contribution in [0.5, 0.6) is 0 Å². The maximum atomic E-state index is 10.8. The van der Waals surface area contributed by atoms with Gasteiger partial charge in [-0.1, -0.05) is 17.7 Å². The van der Waals surface area contributed by atoms with E-state index < -0.39 is 5.97 Å². The first-order chi connectivity index (χ1) is 8.65. The molecule has 4 heteroatoms. The van der Waals surface area contributed by atoms with Gasteiger partial charge in [0.2, 0.25) is 0 Å². The number of benzene rings is 1. The normalized spacial score (nSPS) is 10.3. The number of aryl methyl sites for hydroxylation is 1. The summed E-state index contributed by atoms with van der Waals surface area (Å²) < 4.78 is 5.22. The average Bonchev–Trinajstić information content (AvgIpc) is 2.80. The Hall–Kier alpha value is -2.23. The second-order valence-electron chi connectivity index (χ2n) is 4.16. The highest BCUT2D eigenvalue weighted by Crippen LogP contribution is 2.19. The van der Waals surface area contributed by atoms with Crippen molar-refractivity contribution in [2.24, 2.45) is 0 Å². The number of carbonyl (C=O) groups is 1. The van der Waals surface area contributed by atoms with E-state index in [0.717, 1.165) is 22.6 Å². The monoisotopic (exact) mass is 245 g/mol. The zero-order valence-electron chi connectivity index (χ0n) is 10.1. The molecule has 2 rings (SSSR count). The lowest BCUT2D eigenvalue weighted by atomic mass is 10.1. The quantitative estimate of drug-likeness (QED) is 0.850. The number of rotatable bonds is 5. The van der Waals surface area contributed by atoms with E-state index in [2.05, 4.69) is 5.32 Å². The minimum absolute atomic E-state index is 0.0160. The van der Waals surface area contributed by atoms with E-state index in [0.29, 0.717) is 6.54 Å². The van der Waals surface area contributed by atoms with E-state index >= 15 is 0 Å². The summed E-state index contributed by atoms with van der Waals surface area (Å²) in [5.41, 5.74) is 2.67. The fourth-order valence-electron chi connectivity index (χ4n) is 1.80. The lowest BCUT2D eigenvalue weighted by molar-refractivity contribution is -0.136. The Kier molecular flexibility index (Phi) is 3.67. The number of furan rings is 1. The predicted octanol–water partition coefficient (Wildman–Crippen LogP) is 2.83. The van der Waals surface area contributed by atoms with Crippen LogP contribution < -0.4 is 5.32 Å². The van der Waals surface area contributed by atoms with Crippen LogP contribution >= 0.6 is 0 Å². The molecule has 0 aliphatic rings. The molecule has 1 aromatic heterocycles. The molecular weight excluding hydrogens is 230 g/mol. The minimum atomic E-state index is -0.832. The summed E-state index contributed by atoms with van der Waals surface area (Å²) in [5.74, 6) is -0.0153. The number of hydrogen-bond acceptors (Lipinski definition) is 3. The molecule has 1 heterocycles. The Bertz CT molecular complexity index is 532. The van der Waals surface area contributed by atoms with Gasteiger partial charge in [0.05, 0.1) is 19.2 Å². The number of carboxylic acid groups (broad SMARTS) is 1. The molecule has 0 amide bonds. The van der Waals surface area contributed by atoms with E-state index in [-0.39, 0.29) is 6.42 Å². The second-order valence-corrected chi connectivity index (χ2v) is 4.16. The third kappa shape index (κ3) is 3.13. The Morgan fingerprint density at radius 3 is 2.89 bits per heavy atom. The Balaban J connectivity index is 2.13. The highest BCUT2D eigenvalue weighted by Gasteiger charge is 2.07. The Labute approximate surface area is 105 Å². The number of carboxylic acids is 1. The molecule has 0 atom stereocenters. The van der Waals surface area contributed by atoms with Crippen molar-refractivity contribution < 1.29 is 14.3 Å². The van der Waals surface area contributed by atoms with Crippen molar-refractivity contribution >= 4 is 11.7 Å². The van der Waals surface area contributed by atoms with Crippen LogP contribution in [0.15, 0.2) is 41.0 Å². The summed E-state index contributed by atoms with van der Waals surface area (Å²) in [4.78, 5) is 10.8. The standard InChI is InChI=1S/C14H15NO3/c1-10-4-5-13(11(7-10)8-14(16)17)15-9-12-3-2-6-18-12/h2-7,15H,8-9H2,1H3,(H,16,17). The van der Waals surface area contributed by atoms with Gasteiger partial charge < -0.3 is 14.8 Å². The molecular formula is C14H15NO3. The summed E-state index contributed by atoms with van der Waals surface area (Å²) in [5, 5.41) is 12.1. The highest BCUT2D eigenvalue weighted by atomic mass is 16.4. The lowest BCUT2D eigenvalue weighted by Gasteiger charge is -2.10. The molecule has 0 radical (unpaired) electrons. The first kappa shape index (κ1) is 12.2. The van der Waals surface area contributed by atoms with Crippen LogP contribution in [-0.2, 0) is 17.8 Å². The van der Waals surface area contributed by atoms with Crippen molar-refractivity contribution in [3.8, 4) is 0 Å². The molecule has 0 saturated heterocycles. The van der Waals surface area contributed by atoms with Crippen LogP contribution in [0, 0.1) is 6.92 Å². The van der Waals surface area contributed by atoms with Gasteiger partial charge in [-0.25, -0.2) is 0 Å². The molecule has 0 aliphatic carbocycles. The summed E-state index contributed by atoms with van der Waals surface area (Å²) in [6, 6.07) is 9.44. The summed E-state index contributed by atoms with van der Waals surface area (Å²) >= 11 is 0. The average molecular weight is 245 g/mol. The molecule has 0 spiro atoms. The first-order valence-electron chi connectivity index (χ1n) is 5.73. The molecule has 0 aliphatic heterocycles. The zero-order chi connectivity index (χ0) is 13.0. The van der Waals surface area contributed by atoms with E-state index in [4.69, 9.17) is 9.52 Å². The van der Waals surface area contributed by atoms with Crippen molar-refractivity contribution in [3.05, 3.63) is 53.5 Å². The van der Waals surface area contributed by atoms with Crippen molar-refractivity contribution in [2.45, 2.75) is 19.9 Å². The van der Waals surface area contributed by atoms with Gasteiger partial charge in [-0.3, -0.25) is 4.79 Å². The lowest BCUT2D eigenvalue weighted by Crippen LogP contribution is -2.06. The van der Waals surface area contributed by atoms with Crippen LogP contribution in [0.25, 0.3) is 0 Å². The van der Waals surface area contributed by atoms with Crippen molar-refractivity contribution in [1.29, 1.82) is 0 Å². The number of anilines is 1. The number of aliphatic carboxylic acids is 1. The van der Waals surface area contributed by atoms with Gasteiger partial charge in [-0.15, -0.1) is 0 Å². The van der Waals surface area contributed by atoms with E-state index in [1.807, 2.05) is 37.3 Å². The van der Waals surface area contributed by atoms with Gasteiger partial charge >= 0.3 is 5.97 Å². The van der Waals surface area contributed by atoms with Crippen molar-refractivity contribution in [1.82, 2.24) is 0 Å². The summed E-state index contributed by atoms with van der Waals surface area (Å²) in [7, 11) is 0. The molecule has 1 aromatic carbocycles. The highest BCUT2D eigenvalue weighted by molar-refractivity contribution is 5.73. The second kappa shape index (κ2) is 5.40. The molecule has 0 unspecified atom stereocenters. The number of nitrogens with one attached hydrogen (secondary N) is 1. The van der Waals surface area contributed by atoms with Crippen LogP contribution in [-0.4, -0.2) is 11.1 Å². The SMILES string of the molecule is Cc1ccc(NCc2ccco2)c(CC(=O)O)c1. The van der Waals surface area contributed by atoms with E-state index in [1.165, 1.54) is 0 Å². The fourth-order valence-corrected chi connectivity index (χ4v) is 1.80. The van der Waals surface area contributed by atoms with Gasteiger partial charge in [-0.2, -0.15) is 0 Å². The fraction of sp³-hybridized carbons (Fsp3) is 0.214. The Morgan fingerprint density at radius 2 is 2.22 bits per heavy atom. The molecule has 2 aromatic rings. The zero-order valence-corrected chi connectivity index (χ0v) is 10.1. The van der Waals surface area contributed by atoms with Crippen molar-refractivity contribution in [2.75, 3.05) is 5.32 Å². The van der Waals surface area contributed by atoms with E-state index in [1.54, 1.807) is 6.26 Å². The molecule has 2 N–H and O–H groups in total. The third-order valence-electron chi connectivity index (χ3n) is 2.64. The Morgan fingerprint density at radius 1 is 1.39 bits per heavy atom. The molecule has 0 fully saturated rings. The summed E-state index contributed by atoms with van der Waals surface area (Å²) in [6.45, 7) is 2.49. The number of hydrogen-bond donors (Lipinski definition) is 2. The van der Waals surface area contributed by atoms with Gasteiger partial charge in [0, 0.05) is 5.69 Å². The van der Waals surface area contributed by atoms with Crippen LogP contribution in [0.3, 0.4) is 0 Å². The van der Waals surface area contributed by atoms with Crippen LogP contribution in [0.4, 0.5) is 5.69 Å². The predicted molar refractivity (Wildman–Crippen MR) is 68.6 cm³/mol. The van der Waals surface area contributed by atoms with Gasteiger partial charge in [0.1, 0.15) is 5.76 Å². The summed E-state index contributed by atoms with van der Waals surface area (Å²) in [6.07, 6.45) is 1.63. The molecule has 4 nitrogen and oxygen atoms in total.